The number of benzene rings is 1. The van der Waals surface area contributed by atoms with Crippen molar-refractivity contribution in [3.63, 3.8) is 0 Å². The molecular weight excluding hydrogens is 368 g/mol. The maximum absolute atomic E-state index is 12.8. The van der Waals surface area contributed by atoms with Crippen molar-refractivity contribution in [2.45, 2.75) is 25.8 Å². The third kappa shape index (κ3) is 3.53. The summed E-state index contributed by atoms with van der Waals surface area (Å²) < 4.78 is 6.73. The van der Waals surface area contributed by atoms with Crippen LogP contribution in [0.15, 0.2) is 24.4 Å². The Hall–Kier alpha value is -3.43. The zero-order valence-electron chi connectivity index (χ0n) is 15.5. The van der Waals surface area contributed by atoms with E-state index in [1.807, 2.05) is 0 Å². The number of carbonyl (C=O) groups excluding carboxylic acids is 1. The lowest BCUT2D eigenvalue weighted by Gasteiger charge is -2.32. The Bertz CT molecular complexity index is 930. The normalized spacial score (nSPS) is 14.7. The van der Waals surface area contributed by atoms with Gasteiger partial charge in [-0.05, 0) is 25.8 Å². The standard InChI is InChI=1S/C18H20N4O6/c1-11-14(18(24)25)10-19-21(11)13-5-7-20(8-6-13)17(23)12-3-4-15(22(26)27)16(9-12)28-2/h3-4,9-10,13H,5-8H2,1-2H3,(H,24,25). The van der Waals surface area contributed by atoms with Crippen LogP contribution in [0.5, 0.6) is 5.75 Å². The molecule has 148 valence electrons. The fourth-order valence-corrected chi connectivity index (χ4v) is 3.46. The van der Waals surface area contributed by atoms with Gasteiger partial charge in [-0.3, -0.25) is 19.6 Å². The molecule has 28 heavy (non-hydrogen) atoms. The lowest BCUT2D eigenvalue weighted by molar-refractivity contribution is -0.385. The summed E-state index contributed by atoms with van der Waals surface area (Å²) >= 11 is 0. The molecule has 0 radical (unpaired) electrons. The van der Waals surface area contributed by atoms with E-state index in [-0.39, 0.29) is 28.9 Å². The van der Waals surface area contributed by atoms with E-state index in [4.69, 9.17) is 9.84 Å². The molecule has 0 aliphatic carbocycles. The number of carboxylic acid groups (broad SMARTS) is 1. The highest BCUT2D eigenvalue weighted by atomic mass is 16.6. The van der Waals surface area contributed by atoms with E-state index in [1.165, 1.54) is 31.5 Å². The number of nitro groups is 1. The maximum Gasteiger partial charge on any atom is 0.339 e. The van der Waals surface area contributed by atoms with Gasteiger partial charge in [0.25, 0.3) is 5.91 Å². The number of likely N-dealkylation sites (tertiary alicyclic amines) is 1. The fraction of sp³-hybridized carbons (Fsp3) is 0.389. The van der Waals surface area contributed by atoms with Gasteiger partial charge in [0, 0.05) is 30.8 Å². The van der Waals surface area contributed by atoms with Gasteiger partial charge in [-0.2, -0.15) is 5.10 Å². The molecule has 1 saturated heterocycles. The first-order chi connectivity index (χ1) is 13.3. The minimum absolute atomic E-state index is 0.0172. The molecule has 2 heterocycles. The highest BCUT2D eigenvalue weighted by Crippen LogP contribution is 2.30. The quantitative estimate of drug-likeness (QED) is 0.615. The predicted molar refractivity (Wildman–Crippen MR) is 97.7 cm³/mol. The van der Waals surface area contributed by atoms with Gasteiger partial charge in [0.15, 0.2) is 5.75 Å². The molecule has 2 aromatic rings. The van der Waals surface area contributed by atoms with Crippen LogP contribution in [0.3, 0.4) is 0 Å². The molecule has 1 aromatic carbocycles. The number of carbonyl (C=O) groups is 2. The number of aromatic nitrogens is 2. The van der Waals surface area contributed by atoms with Gasteiger partial charge in [-0.25, -0.2) is 4.79 Å². The average Bonchev–Trinajstić information content (AvgIpc) is 3.08. The molecule has 10 heteroatoms. The molecule has 3 rings (SSSR count). The first kappa shape index (κ1) is 19.3. The largest absolute Gasteiger partial charge is 0.490 e. The summed E-state index contributed by atoms with van der Waals surface area (Å²) in [5.41, 5.74) is 0.902. The van der Waals surface area contributed by atoms with Crippen molar-refractivity contribution in [2.24, 2.45) is 0 Å². The second-order valence-electron chi connectivity index (χ2n) is 6.56. The number of piperidine rings is 1. The van der Waals surface area contributed by atoms with E-state index in [9.17, 15) is 19.7 Å². The molecule has 0 saturated carbocycles. The van der Waals surface area contributed by atoms with Crippen molar-refractivity contribution < 1.29 is 24.4 Å². The van der Waals surface area contributed by atoms with Crippen LogP contribution in [-0.2, 0) is 0 Å². The van der Waals surface area contributed by atoms with Crippen LogP contribution in [0.1, 0.15) is 45.3 Å². The van der Waals surface area contributed by atoms with Crippen LogP contribution in [0.4, 0.5) is 5.69 Å². The lowest BCUT2D eigenvalue weighted by atomic mass is 10.0. The molecule has 1 aliphatic heterocycles. The zero-order valence-corrected chi connectivity index (χ0v) is 15.5. The van der Waals surface area contributed by atoms with Gasteiger partial charge in [0.05, 0.1) is 30.0 Å². The SMILES string of the molecule is COc1cc(C(=O)N2CCC(n3ncc(C(=O)O)c3C)CC2)ccc1[N+](=O)[O-]. The Morgan fingerprint density at radius 1 is 1.32 bits per heavy atom. The number of aromatic carboxylic acids is 1. The first-order valence-corrected chi connectivity index (χ1v) is 8.72. The third-order valence-electron chi connectivity index (χ3n) is 5.00. The number of ether oxygens (including phenoxy) is 1. The summed E-state index contributed by atoms with van der Waals surface area (Å²) in [7, 11) is 1.32. The number of rotatable bonds is 5. The number of hydrogen-bond donors (Lipinski definition) is 1. The van der Waals surface area contributed by atoms with Gasteiger partial charge in [-0.1, -0.05) is 0 Å². The lowest BCUT2D eigenvalue weighted by Crippen LogP contribution is -2.39. The van der Waals surface area contributed by atoms with E-state index >= 15 is 0 Å². The number of nitrogens with zero attached hydrogens (tertiary/aromatic N) is 4. The molecule has 1 aliphatic rings. The van der Waals surface area contributed by atoms with Crippen molar-refractivity contribution in [3.8, 4) is 5.75 Å². The van der Waals surface area contributed by atoms with Crippen LogP contribution in [-0.4, -0.2) is 56.8 Å². The van der Waals surface area contributed by atoms with Crippen molar-refractivity contribution in [1.82, 2.24) is 14.7 Å². The summed E-state index contributed by atoms with van der Waals surface area (Å²) in [6.07, 6.45) is 2.62. The zero-order chi connectivity index (χ0) is 20.4. The maximum atomic E-state index is 12.8. The molecule has 0 spiro atoms. The van der Waals surface area contributed by atoms with Crippen molar-refractivity contribution in [2.75, 3.05) is 20.2 Å². The van der Waals surface area contributed by atoms with Crippen molar-refractivity contribution >= 4 is 17.6 Å². The highest BCUT2D eigenvalue weighted by Gasteiger charge is 2.28. The van der Waals surface area contributed by atoms with Crippen molar-refractivity contribution in [1.29, 1.82) is 0 Å². The molecular formula is C18H20N4O6. The average molecular weight is 388 g/mol. The van der Waals surface area contributed by atoms with Gasteiger partial charge in [0.2, 0.25) is 0 Å². The molecule has 1 amide bonds. The highest BCUT2D eigenvalue weighted by molar-refractivity contribution is 5.95. The molecule has 0 unspecified atom stereocenters. The number of hydrogen-bond acceptors (Lipinski definition) is 6. The van der Waals surface area contributed by atoms with Crippen LogP contribution < -0.4 is 4.74 Å². The molecule has 0 bridgehead atoms. The van der Waals surface area contributed by atoms with Crippen LogP contribution in [0.2, 0.25) is 0 Å². The number of amides is 1. The minimum atomic E-state index is -1.01. The number of methoxy groups -OCH3 is 1. The van der Waals surface area contributed by atoms with Gasteiger partial charge < -0.3 is 14.7 Å². The second-order valence-corrected chi connectivity index (χ2v) is 6.56. The van der Waals surface area contributed by atoms with E-state index in [0.717, 1.165) is 0 Å². The Kier molecular flexibility index (Phi) is 5.30. The Balaban J connectivity index is 1.70. The van der Waals surface area contributed by atoms with Gasteiger partial charge >= 0.3 is 11.7 Å². The smallest absolute Gasteiger partial charge is 0.339 e. The predicted octanol–water partition coefficient (Wildman–Crippen LogP) is 2.28. The van der Waals surface area contributed by atoms with E-state index in [1.54, 1.807) is 16.5 Å². The second kappa shape index (κ2) is 7.67. The van der Waals surface area contributed by atoms with Crippen LogP contribution in [0, 0.1) is 17.0 Å². The first-order valence-electron chi connectivity index (χ1n) is 8.72. The van der Waals surface area contributed by atoms with Gasteiger partial charge in [-0.15, -0.1) is 0 Å². The van der Waals surface area contributed by atoms with Gasteiger partial charge in [0.1, 0.15) is 5.56 Å². The fourth-order valence-electron chi connectivity index (χ4n) is 3.46. The number of nitro benzene ring substituents is 1. The van der Waals surface area contributed by atoms with Crippen LogP contribution >= 0.6 is 0 Å². The van der Waals surface area contributed by atoms with E-state index in [0.29, 0.717) is 37.2 Å². The number of carboxylic acids is 1. The summed E-state index contributed by atoms with van der Waals surface area (Å²) in [6, 6.07) is 4.08. The summed E-state index contributed by atoms with van der Waals surface area (Å²) in [4.78, 5) is 36.0. The van der Waals surface area contributed by atoms with E-state index < -0.39 is 10.9 Å². The Labute approximate surface area is 160 Å². The molecule has 1 N–H and O–H groups in total. The monoisotopic (exact) mass is 388 g/mol. The Morgan fingerprint density at radius 2 is 2.00 bits per heavy atom. The summed E-state index contributed by atoms with van der Waals surface area (Å²) in [5.74, 6) is -1.20. The summed E-state index contributed by atoms with van der Waals surface area (Å²) in [6.45, 7) is 2.67. The minimum Gasteiger partial charge on any atom is -0.490 e. The molecule has 0 atom stereocenters. The summed E-state index contributed by atoms with van der Waals surface area (Å²) in [5, 5.41) is 24.3. The molecule has 1 aromatic heterocycles. The molecule has 10 nitrogen and oxygen atoms in total. The topological polar surface area (TPSA) is 128 Å². The Morgan fingerprint density at radius 3 is 2.54 bits per heavy atom. The molecule has 1 fully saturated rings. The van der Waals surface area contributed by atoms with Crippen LogP contribution in [0.25, 0.3) is 0 Å². The van der Waals surface area contributed by atoms with E-state index in [2.05, 4.69) is 5.10 Å². The van der Waals surface area contributed by atoms with Crippen molar-refractivity contribution in [3.05, 3.63) is 51.3 Å². The third-order valence-corrected chi connectivity index (χ3v) is 5.00.